The second-order valence-electron chi connectivity index (χ2n) is 4.49. The van der Waals surface area contributed by atoms with Crippen molar-refractivity contribution < 1.29 is 9.72 Å². The van der Waals surface area contributed by atoms with E-state index in [1.165, 1.54) is 6.92 Å². The molecule has 7 nitrogen and oxygen atoms in total. The van der Waals surface area contributed by atoms with Gasteiger partial charge in [0.1, 0.15) is 0 Å². The first kappa shape index (κ1) is 13.7. The normalized spacial score (nSPS) is 10.5. The Kier molecular flexibility index (Phi) is 3.51. The van der Waals surface area contributed by atoms with E-state index in [4.69, 9.17) is 0 Å². The average molecular weight is 275 g/mol. The van der Waals surface area contributed by atoms with E-state index in [-0.39, 0.29) is 23.6 Å². The number of hydrogen-bond donors (Lipinski definition) is 0. The van der Waals surface area contributed by atoms with E-state index in [1.54, 1.807) is 29.9 Å². The molecule has 7 heteroatoms. The lowest BCUT2D eigenvalue weighted by Crippen LogP contribution is -2.25. The standard InChI is InChI=1S/C13H13N3O4/c1-9-6-13(18)15(7-11(9)16(19)20)8-12(17)10-4-3-5-14(10)2/h3-7H,8H2,1-2H3. The number of aromatic nitrogens is 2. The van der Waals surface area contributed by atoms with Crippen LogP contribution < -0.4 is 5.56 Å². The highest BCUT2D eigenvalue weighted by Crippen LogP contribution is 2.14. The molecule has 0 saturated carbocycles. The largest absolute Gasteiger partial charge is 0.348 e. The van der Waals surface area contributed by atoms with E-state index in [0.717, 1.165) is 16.8 Å². The summed E-state index contributed by atoms with van der Waals surface area (Å²) in [5.74, 6) is -0.280. The van der Waals surface area contributed by atoms with Gasteiger partial charge in [-0.1, -0.05) is 0 Å². The summed E-state index contributed by atoms with van der Waals surface area (Å²) in [6.45, 7) is 1.26. The second kappa shape index (κ2) is 5.12. The number of nitro groups is 1. The van der Waals surface area contributed by atoms with Gasteiger partial charge in [0.05, 0.1) is 23.4 Å². The molecule has 2 aromatic rings. The second-order valence-corrected chi connectivity index (χ2v) is 4.49. The molecular formula is C13H13N3O4. The Balaban J connectivity index is 2.37. The highest BCUT2D eigenvalue weighted by Gasteiger charge is 2.16. The summed E-state index contributed by atoms with van der Waals surface area (Å²) >= 11 is 0. The summed E-state index contributed by atoms with van der Waals surface area (Å²) in [5, 5.41) is 10.9. The number of rotatable bonds is 4. The third kappa shape index (κ3) is 2.51. The number of pyridine rings is 1. The highest BCUT2D eigenvalue weighted by atomic mass is 16.6. The number of hydrogen-bond acceptors (Lipinski definition) is 4. The maximum atomic E-state index is 12.1. The fourth-order valence-electron chi connectivity index (χ4n) is 1.96. The van der Waals surface area contributed by atoms with Crippen LogP contribution in [0, 0.1) is 17.0 Å². The fraction of sp³-hybridized carbons (Fsp3) is 0.231. The zero-order valence-corrected chi connectivity index (χ0v) is 11.1. The molecule has 0 atom stereocenters. The number of Topliss-reactive ketones (excluding diaryl/α,β-unsaturated/α-hetero) is 1. The molecule has 0 radical (unpaired) electrons. The first-order chi connectivity index (χ1) is 9.40. The third-order valence-electron chi connectivity index (χ3n) is 3.05. The van der Waals surface area contributed by atoms with Gasteiger partial charge in [0.25, 0.3) is 11.2 Å². The maximum Gasteiger partial charge on any atom is 0.288 e. The van der Waals surface area contributed by atoms with Gasteiger partial charge >= 0.3 is 0 Å². The Morgan fingerprint density at radius 2 is 2.15 bits per heavy atom. The van der Waals surface area contributed by atoms with Crippen LogP contribution in [-0.2, 0) is 13.6 Å². The van der Waals surface area contributed by atoms with Crippen LogP contribution >= 0.6 is 0 Å². The predicted octanol–water partition coefficient (Wildman–Crippen LogP) is 1.29. The first-order valence-electron chi connectivity index (χ1n) is 5.90. The zero-order chi connectivity index (χ0) is 14.9. The van der Waals surface area contributed by atoms with Crippen molar-refractivity contribution in [2.24, 2.45) is 7.05 Å². The van der Waals surface area contributed by atoms with E-state index < -0.39 is 10.5 Å². The van der Waals surface area contributed by atoms with Crippen molar-refractivity contribution in [1.82, 2.24) is 9.13 Å². The SMILES string of the molecule is Cc1cc(=O)n(CC(=O)c2cccn2C)cc1[N+](=O)[O-]. The van der Waals surface area contributed by atoms with Crippen molar-refractivity contribution in [2.45, 2.75) is 13.5 Å². The molecular weight excluding hydrogens is 262 g/mol. The van der Waals surface area contributed by atoms with Crippen LogP contribution in [0.3, 0.4) is 0 Å². The molecule has 0 bridgehead atoms. The summed E-state index contributed by atoms with van der Waals surface area (Å²) in [7, 11) is 1.72. The van der Waals surface area contributed by atoms with Crippen molar-refractivity contribution in [2.75, 3.05) is 0 Å². The monoisotopic (exact) mass is 275 g/mol. The number of carbonyl (C=O) groups is 1. The van der Waals surface area contributed by atoms with E-state index in [1.807, 2.05) is 0 Å². The molecule has 2 rings (SSSR count). The van der Waals surface area contributed by atoms with E-state index in [0.29, 0.717) is 5.69 Å². The van der Waals surface area contributed by atoms with Crippen molar-refractivity contribution in [1.29, 1.82) is 0 Å². The van der Waals surface area contributed by atoms with Gasteiger partial charge in [-0.25, -0.2) is 0 Å². The minimum atomic E-state index is -0.571. The van der Waals surface area contributed by atoms with Crippen molar-refractivity contribution >= 4 is 11.5 Å². The molecule has 104 valence electrons. The lowest BCUT2D eigenvalue weighted by molar-refractivity contribution is -0.385. The molecule has 0 aliphatic rings. The summed E-state index contributed by atoms with van der Waals surface area (Å²) in [5.41, 5.74) is 0.114. The molecule has 0 saturated heterocycles. The molecule has 0 amide bonds. The van der Waals surface area contributed by atoms with Crippen LogP contribution in [0.2, 0.25) is 0 Å². The Hall–Kier alpha value is -2.70. The topological polar surface area (TPSA) is 87.1 Å². The smallest absolute Gasteiger partial charge is 0.288 e. The number of aryl methyl sites for hydroxylation is 2. The minimum absolute atomic E-state index is 0.177. The zero-order valence-electron chi connectivity index (χ0n) is 11.1. The Labute approximate surface area is 114 Å². The van der Waals surface area contributed by atoms with Gasteiger partial charge in [0, 0.05) is 24.9 Å². The van der Waals surface area contributed by atoms with Crippen LogP contribution in [0.4, 0.5) is 5.69 Å². The summed E-state index contributed by atoms with van der Waals surface area (Å²) in [4.78, 5) is 34.1. The van der Waals surface area contributed by atoms with Gasteiger partial charge in [-0.3, -0.25) is 19.7 Å². The van der Waals surface area contributed by atoms with Gasteiger partial charge < -0.3 is 9.13 Å². The molecule has 0 fully saturated rings. The van der Waals surface area contributed by atoms with Crippen molar-refractivity contribution in [3.05, 3.63) is 62.3 Å². The lowest BCUT2D eigenvalue weighted by Gasteiger charge is -2.06. The van der Waals surface area contributed by atoms with E-state index >= 15 is 0 Å². The van der Waals surface area contributed by atoms with Gasteiger partial charge in [-0.15, -0.1) is 0 Å². The van der Waals surface area contributed by atoms with Gasteiger partial charge in [-0.05, 0) is 19.1 Å². The molecule has 0 N–H and O–H groups in total. The van der Waals surface area contributed by atoms with Gasteiger partial charge in [-0.2, -0.15) is 0 Å². The van der Waals surface area contributed by atoms with Crippen LogP contribution in [0.5, 0.6) is 0 Å². The molecule has 0 spiro atoms. The maximum absolute atomic E-state index is 12.1. The van der Waals surface area contributed by atoms with Crippen LogP contribution in [0.1, 0.15) is 16.1 Å². The Morgan fingerprint density at radius 3 is 2.70 bits per heavy atom. The predicted molar refractivity (Wildman–Crippen MR) is 71.8 cm³/mol. The van der Waals surface area contributed by atoms with E-state index in [9.17, 15) is 19.7 Å². The number of ketones is 1. The van der Waals surface area contributed by atoms with Crippen molar-refractivity contribution in [3.63, 3.8) is 0 Å². The molecule has 0 unspecified atom stereocenters. The quantitative estimate of drug-likeness (QED) is 0.478. The summed E-state index contributed by atoms with van der Waals surface area (Å²) in [6.07, 6.45) is 2.83. The highest BCUT2D eigenvalue weighted by molar-refractivity contribution is 5.94. The van der Waals surface area contributed by atoms with Crippen LogP contribution in [0.15, 0.2) is 35.4 Å². The Morgan fingerprint density at radius 1 is 1.45 bits per heavy atom. The average Bonchev–Trinajstić information content (AvgIpc) is 2.78. The number of carbonyl (C=O) groups excluding carboxylic acids is 1. The van der Waals surface area contributed by atoms with E-state index in [2.05, 4.69) is 0 Å². The fourth-order valence-corrected chi connectivity index (χ4v) is 1.96. The molecule has 0 aromatic carbocycles. The molecule has 2 heterocycles. The van der Waals surface area contributed by atoms with Crippen LogP contribution in [-0.4, -0.2) is 19.8 Å². The Bertz CT molecular complexity index is 742. The molecule has 20 heavy (non-hydrogen) atoms. The van der Waals surface area contributed by atoms with Crippen molar-refractivity contribution in [3.8, 4) is 0 Å². The molecule has 2 aromatic heterocycles. The minimum Gasteiger partial charge on any atom is -0.348 e. The lowest BCUT2D eigenvalue weighted by atomic mass is 10.2. The van der Waals surface area contributed by atoms with Gasteiger partial charge in [0.15, 0.2) is 5.78 Å². The number of nitrogens with zero attached hydrogens (tertiary/aromatic N) is 3. The van der Waals surface area contributed by atoms with Gasteiger partial charge in [0.2, 0.25) is 0 Å². The molecule has 0 aliphatic carbocycles. The summed E-state index contributed by atoms with van der Waals surface area (Å²) < 4.78 is 2.69. The third-order valence-corrected chi connectivity index (χ3v) is 3.05. The summed E-state index contributed by atoms with van der Waals surface area (Å²) in [6, 6.07) is 4.51. The van der Waals surface area contributed by atoms with Crippen LogP contribution in [0.25, 0.3) is 0 Å². The first-order valence-corrected chi connectivity index (χ1v) is 5.90. The molecule has 0 aliphatic heterocycles.